The number of para-hydroxylation sites is 1. The number of esters is 1. The topological polar surface area (TPSA) is 88.5 Å². The standard InChI is InChI=1S/C18H16N2O4S/c1-10-7-11(2)16-14(8-10)25-18(20-16)19-15(22)9-24-17(23)12-5-3-4-6-13(12)21/h3-8,21H,9H2,1-2H3,(H,19,20,22). The molecule has 0 bridgehead atoms. The third-order valence-electron chi connectivity index (χ3n) is 3.53. The molecule has 128 valence electrons. The number of phenols is 1. The van der Waals surface area contributed by atoms with Gasteiger partial charge in [-0.1, -0.05) is 29.5 Å². The van der Waals surface area contributed by atoms with Crippen molar-refractivity contribution >= 4 is 38.6 Å². The number of amides is 1. The van der Waals surface area contributed by atoms with Gasteiger partial charge in [0.2, 0.25) is 0 Å². The van der Waals surface area contributed by atoms with Gasteiger partial charge in [0.1, 0.15) is 11.3 Å². The number of ether oxygens (including phenoxy) is 1. The predicted molar refractivity (Wildman–Crippen MR) is 96.1 cm³/mol. The second-order valence-electron chi connectivity index (χ2n) is 5.59. The first kappa shape index (κ1) is 16.9. The number of phenolic OH excluding ortho intramolecular Hbond substituents is 1. The Hall–Kier alpha value is -2.93. The van der Waals surface area contributed by atoms with Crippen molar-refractivity contribution in [3.8, 4) is 5.75 Å². The van der Waals surface area contributed by atoms with E-state index in [4.69, 9.17) is 4.74 Å². The number of anilines is 1. The molecular weight excluding hydrogens is 340 g/mol. The molecule has 0 fully saturated rings. The third kappa shape index (κ3) is 3.77. The molecular formula is C18H16N2O4S. The maximum absolute atomic E-state index is 12.0. The lowest BCUT2D eigenvalue weighted by atomic mass is 10.1. The van der Waals surface area contributed by atoms with Crippen LogP contribution in [0.15, 0.2) is 36.4 Å². The number of aryl methyl sites for hydroxylation is 2. The zero-order valence-corrected chi connectivity index (χ0v) is 14.5. The Labute approximate surface area is 148 Å². The van der Waals surface area contributed by atoms with Gasteiger partial charge in [-0.3, -0.25) is 10.1 Å². The van der Waals surface area contributed by atoms with Gasteiger partial charge in [-0.05, 0) is 43.2 Å². The van der Waals surface area contributed by atoms with Crippen LogP contribution in [0.5, 0.6) is 5.75 Å². The van der Waals surface area contributed by atoms with E-state index in [1.807, 2.05) is 26.0 Å². The molecule has 0 atom stereocenters. The lowest BCUT2D eigenvalue weighted by molar-refractivity contribution is -0.119. The molecule has 6 nitrogen and oxygen atoms in total. The fraction of sp³-hybridized carbons (Fsp3) is 0.167. The average molecular weight is 356 g/mol. The highest BCUT2D eigenvalue weighted by Crippen LogP contribution is 2.29. The minimum atomic E-state index is -0.760. The van der Waals surface area contributed by atoms with Gasteiger partial charge in [-0.2, -0.15) is 0 Å². The number of rotatable bonds is 4. The zero-order valence-electron chi connectivity index (χ0n) is 13.7. The van der Waals surface area contributed by atoms with E-state index in [1.54, 1.807) is 12.1 Å². The quantitative estimate of drug-likeness (QED) is 0.699. The van der Waals surface area contributed by atoms with Crippen molar-refractivity contribution in [3.05, 3.63) is 53.1 Å². The summed E-state index contributed by atoms with van der Waals surface area (Å²) in [5.41, 5.74) is 3.03. The number of hydrogen-bond donors (Lipinski definition) is 2. The number of fused-ring (bicyclic) bond motifs is 1. The summed E-state index contributed by atoms with van der Waals surface area (Å²) in [5, 5.41) is 12.7. The average Bonchev–Trinajstić information content (AvgIpc) is 2.95. The maximum Gasteiger partial charge on any atom is 0.342 e. The summed E-state index contributed by atoms with van der Waals surface area (Å²) >= 11 is 1.36. The first-order valence-corrected chi connectivity index (χ1v) is 8.38. The molecule has 0 saturated carbocycles. The molecule has 2 aromatic carbocycles. The van der Waals surface area contributed by atoms with Crippen LogP contribution in [0, 0.1) is 13.8 Å². The normalized spacial score (nSPS) is 10.6. The van der Waals surface area contributed by atoms with E-state index >= 15 is 0 Å². The number of thiazole rings is 1. The van der Waals surface area contributed by atoms with Crippen molar-refractivity contribution in [3.63, 3.8) is 0 Å². The van der Waals surface area contributed by atoms with Crippen LogP contribution in [0.3, 0.4) is 0 Å². The molecule has 0 aliphatic rings. The molecule has 0 saturated heterocycles. The molecule has 3 aromatic rings. The predicted octanol–water partition coefficient (Wildman–Crippen LogP) is 3.41. The lowest BCUT2D eigenvalue weighted by Crippen LogP contribution is -2.20. The molecule has 3 rings (SSSR count). The van der Waals surface area contributed by atoms with E-state index in [1.165, 1.54) is 23.5 Å². The molecule has 0 unspecified atom stereocenters. The van der Waals surface area contributed by atoms with E-state index in [2.05, 4.69) is 10.3 Å². The number of nitrogens with zero attached hydrogens (tertiary/aromatic N) is 1. The van der Waals surface area contributed by atoms with Crippen LogP contribution in [-0.2, 0) is 9.53 Å². The highest BCUT2D eigenvalue weighted by atomic mass is 32.1. The summed E-state index contributed by atoms with van der Waals surface area (Å²) < 4.78 is 5.91. The van der Waals surface area contributed by atoms with Crippen LogP contribution in [0.25, 0.3) is 10.2 Å². The van der Waals surface area contributed by atoms with E-state index in [-0.39, 0.29) is 11.3 Å². The summed E-state index contributed by atoms with van der Waals surface area (Å²) in [6, 6.07) is 10.0. The van der Waals surface area contributed by atoms with Gasteiger partial charge in [-0.15, -0.1) is 0 Å². The van der Waals surface area contributed by atoms with E-state index < -0.39 is 18.5 Å². The van der Waals surface area contributed by atoms with Crippen molar-refractivity contribution in [1.82, 2.24) is 4.98 Å². The van der Waals surface area contributed by atoms with Gasteiger partial charge in [0.25, 0.3) is 5.91 Å². The van der Waals surface area contributed by atoms with E-state index in [0.29, 0.717) is 5.13 Å². The SMILES string of the molecule is Cc1cc(C)c2nc(NC(=O)COC(=O)c3ccccc3O)sc2c1. The van der Waals surface area contributed by atoms with Crippen molar-refractivity contribution in [2.45, 2.75) is 13.8 Å². The van der Waals surface area contributed by atoms with Gasteiger partial charge in [0.15, 0.2) is 11.7 Å². The fourth-order valence-electron chi connectivity index (χ4n) is 2.43. The number of carbonyl (C=O) groups excluding carboxylic acids is 2. The maximum atomic E-state index is 12.0. The number of benzene rings is 2. The Bertz CT molecular complexity index is 965. The van der Waals surface area contributed by atoms with Crippen LogP contribution in [0.1, 0.15) is 21.5 Å². The summed E-state index contributed by atoms with van der Waals surface area (Å²) in [7, 11) is 0. The van der Waals surface area contributed by atoms with Crippen molar-refractivity contribution < 1.29 is 19.4 Å². The second-order valence-corrected chi connectivity index (χ2v) is 6.62. The summed E-state index contributed by atoms with van der Waals surface area (Å²) in [5.74, 6) is -1.44. The zero-order chi connectivity index (χ0) is 18.0. The van der Waals surface area contributed by atoms with E-state index in [0.717, 1.165) is 21.3 Å². The van der Waals surface area contributed by atoms with Gasteiger partial charge in [0, 0.05) is 0 Å². The van der Waals surface area contributed by atoms with Gasteiger partial charge >= 0.3 is 5.97 Å². The summed E-state index contributed by atoms with van der Waals surface area (Å²) in [4.78, 5) is 28.2. The Balaban J connectivity index is 1.64. The van der Waals surface area contributed by atoms with Crippen LogP contribution in [0.4, 0.5) is 5.13 Å². The van der Waals surface area contributed by atoms with Crippen molar-refractivity contribution in [2.24, 2.45) is 0 Å². The second kappa shape index (κ2) is 6.90. The van der Waals surface area contributed by atoms with Gasteiger partial charge in [0.05, 0.1) is 10.2 Å². The summed E-state index contributed by atoms with van der Waals surface area (Å²) in [6.45, 7) is 3.51. The first-order valence-electron chi connectivity index (χ1n) is 7.57. The highest BCUT2D eigenvalue weighted by molar-refractivity contribution is 7.22. The molecule has 0 radical (unpaired) electrons. The molecule has 0 aliphatic heterocycles. The molecule has 7 heteroatoms. The Kier molecular flexibility index (Phi) is 4.67. The highest BCUT2D eigenvalue weighted by Gasteiger charge is 2.15. The monoisotopic (exact) mass is 356 g/mol. The van der Waals surface area contributed by atoms with Crippen LogP contribution in [-0.4, -0.2) is 28.6 Å². The molecule has 1 heterocycles. The molecule has 1 aromatic heterocycles. The number of aromatic nitrogens is 1. The fourth-order valence-corrected chi connectivity index (χ4v) is 3.49. The molecule has 2 N–H and O–H groups in total. The molecule has 1 amide bonds. The number of nitrogens with one attached hydrogen (secondary N) is 1. The minimum Gasteiger partial charge on any atom is -0.507 e. The molecule has 25 heavy (non-hydrogen) atoms. The smallest absolute Gasteiger partial charge is 0.342 e. The Morgan fingerprint density at radius 2 is 2.00 bits per heavy atom. The number of aromatic hydroxyl groups is 1. The summed E-state index contributed by atoms with van der Waals surface area (Å²) in [6.07, 6.45) is 0. The largest absolute Gasteiger partial charge is 0.507 e. The number of hydrogen-bond acceptors (Lipinski definition) is 6. The van der Waals surface area contributed by atoms with Crippen LogP contribution < -0.4 is 5.32 Å². The minimum absolute atomic E-state index is 0.0152. The third-order valence-corrected chi connectivity index (χ3v) is 4.45. The Morgan fingerprint density at radius 3 is 2.76 bits per heavy atom. The van der Waals surface area contributed by atoms with Crippen molar-refractivity contribution in [2.75, 3.05) is 11.9 Å². The first-order chi connectivity index (χ1) is 11.9. The van der Waals surface area contributed by atoms with Crippen LogP contribution in [0.2, 0.25) is 0 Å². The van der Waals surface area contributed by atoms with E-state index in [9.17, 15) is 14.7 Å². The van der Waals surface area contributed by atoms with Gasteiger partial charge in [-0.25, -0.2) is 9.78 Å². The molecule has 0 aliphatic carbocycles. The Morgan fingerprint density at radius 1 is 1.24 bits per heavy atom. The molecule has 0 spiro atoms. The lowest BCUT2D eigenvalue weighted by Gasteiger charge is -2.05. The number of carbonyl (C=O) groups is 2. The van der Waals surface area contributed by atoms with Gasteiger partial charge < -0.3 is 9.84 Å². The van der Waals surface area contributed by atoms with Crippen LogP contribution >= 0.6 is 11.3 Å². The van der Waals surface area contributed by atoms with Crippen molar-refractivity contribution in [1.29, 1.82) is 0 Å².